The van der Waals surface area contributed by atoms with E-state index >= 15 is 0 Å². The minimum atomic E-state index is -3.21. The van der Waals surface area contributed by atoms with Crippen molar-refractivity contribution in [1.82, 2.24) is 4.72 Å². The lowest BCUT2D eigenvalue weighted by Crippen LogP contribution is -2.23. The largest absolute Gasteiger partial charge is 0.380 e. The Kier molecular flexibility index (Phi) is 7.63. The summed E-state index contributed by atoms with van der Waals surface area (Å²) in [6.07, 6.45) is 2.75. The molecule has 2 rings (SSSR count). The highest BCUT2D eigenvalue weighted by Gasteiger charge is 2.16. The minimum Gasteiger partial charge on any atom is -0.380 e. The van der Waals surface area contributed by atoms with Crippen molar-refractivity contribution in [2.75, 3.05) is 18.1 Å². The van der Waals surface area contributed by atoms with E-state index in [0.29, 0.717) is 6.42 Å². The van der Waals surface area contributed by atoms with E-state index in [2.05, 4.69) is 66.9 Å². The molecule has 2 aromatic rings. The highest BCUT2D eigenvalue weighted by Crippen LogP contribution is 2.25. The number of benzene rings is 2. The number of anilines is 1. The molecule has 0 atom stereocenters. The van der Waals surface area contributed by atoms with Gasteiger partial charge in [0, 0.05) is 12.2 Å². The van der Waals surface area contributed by atoms with Gasteiger partial charge in [-0.3, -0.25) is 0 Å². The number of hydrogen-bond acceptors (Lipinski definition) is 3. The van der Waals surface area contributed by atoms with Gasteiger partial charge in [-0.05, 0) is 49.2 Å². The summed E-state index contributed by atoms with van der Waals surface area (Å²) in [4.78, 5) is 0. The number of nitrogens with one attached hydrogen (secondary N) is 2. The monoisotopic (exact) mass is 416 g/mol. The zero-order valence-electron chi connectivity index (χ0n) is 17.5. The Bertz CT molecular complexity index is 917. The van der Waals surface area contributed by atoms with Crippen LogP contribution in [0.25, 0.3) is 6.08 Å². The highest BCUT2D eigenvalue weighted by atomic mass is 32.2. The van der Waals surface area contributed by atoms with Gasteiger partial charge in [-0.15, -0.1) is 0 Å². The molecule has 0 fully saturated rings. The van der Waals surface area contributed by atoms with Crippen LogP contribution in [0.15, 0.2) is 53.7 Å². The fourth-order valence-electron chi connectivity index (χ4n) is 2.65. The maximum absolute atomic E-state index is 11.8. The van der Waals surface area contributed by atoms with Gasteiger partial charge in [-0.25, -0.2) is 13.1 Å². The van der Waals surface area contributed by atoms with Crippen molar-refractivity contribution in [2.45, 2.75) is 39.5 Å². The first-order valence-corrected chi connectivity index (χ1v) is 14.8. The third-order valence-electron chi connectivity index (χ3n) is 4.97. The fraction of sp³-hybridized carbons (Fsp3) is 0.364. The molecule has 0 heterocycles. The van der Waals surface area contributed by atoms with Gasteiger partial charge in [0.25, 0.3) is 0 Å². The van der Waals surface area contributed by atoms with Crippen molar-refractivity contribution < 1.29 is 8.42 Å². The van der Waals surface area contributed by atoms with Crippen LogP contribution in [-0.4, -0.2) is 29.3 Å². The van der Waals surface area contributed by atoms with Gasteiger partial charge in [-0.1, -0.05) is 67.3 Å². The molecule has 0 saturated heterocycles. The molecule has 4 nitrogen and oxygen atoms in total. The molecule has 2 aromatic carbocycles. The summed E-state index contributed by atoms with van der Waals surface area (Å²) < 4.78 is 25.9. The van der Waals surface area contributed by atoms with E-state index in [1.807, 2.05) is 24.3 Å². The Balaban J connectivity index is 2.29. The van der Waals surface area contributed by atoms with Crippen LogP contribution in [0.3, 0.4) is 0 Å². The first kappa shape index (κ1) is 22.4. The van der Waals surface area contributed by atoms with Gasteiger partial charge in [0.2, 0.25) is 10.0 Å². The molecule has 0 saturated carbocycles. The Labute approximate surface area is 171 Å². The molecule has 6 heteroatoms. The normalized spacial score (nSPS) is 12.8. The Hall–Kier alpha value is -1.89. The van der Waals surface area contributed by atoms with E-state index in [4.69, 9.17) is 0 Å². The summed E-state index contributed by atoms with van der Waals surface area (Å²) in [5.74, 6) is 0.0937. The quantitative estimate of drug-likeness (QED) is 0.584. The van der Waals surface area contributed by atoms with E-state index < -0.39 is 18.1 Å². The number of sulfonamides is 1. The summed E-state index contributed by atoms with van der Waals surface area (Å²) in [5.41, 5.74) is 4.44. The van der Waals surface area contributed by atoms with E-state index in [9.17, 15) is 8.42 Å². The molecule has 0 unspecified atom stereocenters. The number of aryl methyl sites for hydroxylation is 1. The molecule has 0 spiro atoms. The van der Waals surface area contributed by atoms with Gasteiger partial charge < -0.3 is 5.32 Å². The Morgan fingerprint density at radius 1 is 1.04 bits per heavy atom. The first-order chi connectivity index (χ1) is 13.1. The lowest BCUT2D eigenvalue weighted by molar-refractivity contribution is 0.587. The number of hydrogen-bond donors (Lipinski definition) is 2. The minimum absolute atomic E-state index is 0.0937. The molecule has 152 valence electrons. The zero-order chi connectivity index (χ0) is 20.8. The van der Waals surface area contributed by atoms with Gasteiger partial charge in [-0.2, -0.15) is 0 Å². The average molecular weight is 417 g/mol. The van der Waals surface area contributed by atoms with Crippen molar-refractivity contribution in [1.29, 1.82) is 0 Å². The zero-order valence-corrected chi connectivity index (χ0v) is 19.4. The molecule has 0 bridgehead atoms. The molecule has 0 aliphatic heterocycles. The molecule has 0 aromatic heterocycles. The molecule has 0 aliphatic carbocycles. The Morgan fingerprint density at radius 3 is 2.32 bits per heavy atom. The smallest absolute Gasteiger partial charge is 0.211 e. The lowest BCUT2D eigenvalue weighted by Gasteiger charge is -2.19. The van der Waals surface area contributed by atoms with Gasteiger partial charge >= 0.3 is 0 Å². The van der Waals surface area contributed by atoms with Crippen LogP contribution in [0.4, 0.5) is 5.69 Å². The van der Waals surface area contributed by atoms with Crippen molar-refractivity contribution in [3.05, 3.63) is 70.4 Å². The van der Waals surface area contributed by atoms with E-state index in [0.717, 1.165) is 23.4 Å². The van der Waals surface area contributed by atoms with Crippen LogP contribution >= 0.6 is 0 Å². The maximum Gasteiger partial charge on any atom is 0.211 e. The number of rotatable bonds is 9. The molecule has 0 radical (unpaired) electrons. The van der Waals surface area contributed by atoms with Crippen LogP contribution in [0.1, 0.15) is 23.6 Å². The molecule has 2 N–H and O–H groups in total. The van der Waals surface area contributed by atoms with E-state index in [1.165, 1.54) is 17.8 Å². The molecule has 0 amide bonds. The summed E-state index contributed by atoms with van der Waals surface area (Å²) in [6, 6.07) is 16.5. The van der Waals surface area contributed by atoms with Crippen molar-refractivity contribution in [3.63, 3.8) is 0 Å². The van der Waals surface area contributed by atoms with Crippen LogP contribution in [0, 0.1) is 0 Å². The molecular formula is C22H32N2O2SSi. The second-order valence-corrected chi connectivity index (χ2v) is 15.4. The average Bonchev–Trinajstić information content (AvgIpc) is 2.65. The standard InChI is InChI=1S/C22H32N2O2SSi/c1-18(28(3,4)5)15-21-16-19(13-14-27(25,26)23-2)11-12-22(21)24-17-20-9-7-6-8-10-20/h6-12,15-16,23-24H,13-14,17H2,1-5H3. The maximum atomic E-state index is 11.8. The predicted molar refractivity (Wildman–Crippen MR) is 124 cm³/mol. The lowest BCUT2D eigenvalue weighted by atomic mass is 10.1. The van der Waals surface area contributed by atoms with E-state index in [1.54, 1.807) is 0 Å². The van der Waals surface area contributed by atoms with Gasteiger partial charge in [0.05, 0.1) is 13.8 Å². The predicted octanol–water partition coefficient (Wildman–Crippen LogP) is 4.67. The molecular weight excluding hydrogens is 384 g/mol. The Morgan fingerprint density at radius 2 is 1.71 bits per heavy atom. The van der Waals surface area contributed by atoms with Crippen LogP contribution in [0.5, 0.6) is 0 Å². The van der Waals surface area contributed by atoms with Crippen molar-refractivity contribution in [2.24, 2.45) is 0 Å². The summed E-state index contributed by atoms with van der Waals surface area (Å²) in [5, 5.41) is 4.95. The fourth-order valence-corrected chi connectivity index (χ4v) is 3.94. The first-order valence-electron chi connectivity index (χ1n) is 9.61. The second-order valence-electron chi connectivity index (χ2n) is 8.11. The highest BCUT2D eigenvalue weighted by molar-refractivity contribution is 7.89. The van der Waals surface area contributed by atoms with Crippen LogP contribution in [-0.2, 0) is 23.0 Å². The topological polar surface area (TPSA) is 58.2 Å². The van der Waals surface area contributed by atoms with Crippen molar-refractivity contribution >= 4 is 29.9 Å². The number of allylic oxidation sites excluding steroid dienone is 1. The van der Waals surface area contributed by atoms with Gasteiger partial charge in [0.1, 0.15) is 0 Å². The van der Waals surface area contributed by atoms with Gasteiger partial charge in [0.15, 0.2) is 0 Å². The third-order valence-corrected chi connectivity index (χ3v) is 8.84. The van der Waals surface area contributed by atoms with Crippen LogP contribution in [0.2, 0.25) is 19.6 Å². The van der Waals surface area contributed by atoms with Crippen molar-refractivity contribution in [3.8, 4) is 0 Å². The second kappa shape index (κ2) is 9.54. The summed E-state index contributed by atoms with van der Waals surface area (Å²) in [7, 11) is -3.15. The molecule has 0 aliphatic rings. The summed E-state index contributed by atoms with van der Waals surface area (Å²) in [6.45, 7) is 9.95. The van der Waals surface area contributed by atoms with E-state index in [-0.39, 0.29) is 5.75 Å². The molecule has 28 heavy (non-hydrogen) atoms. The van der Waals surface area contributed by atoms with Crippen LogP contribution < -0.4 is 10.0 Å². The third kappa shape index (κ3) is 6.93. The SMILES string of the molecule is CNS(=O)(=O)CCc1ccc(NCc2ccccc2)c(C=C(C)[Si](C)(C)C)c1. The summed E-state index contributed by atoms with van der Waals surface area (Å²) >= 11 is 0.